The number of hydrogen-bond acceptors (Lipinski definition) is 3. The van der Waals surface area contributed by atoms with Crippen LogP contribution in [0, 0.1) is 12.8 Å². The minimum absolute atomic E-state index is 0.0652. The number of guanidine groups is 1. The second-order valence-corrected chi connectivity index (χ2v) is 7.74. The van der Waals surface area contributed by atoms with Crippen LogP contribution in [0.15, 0.2) is 33.7 Å². The molecule has 1 amide bonds. The first-order chi connectivity index (χ1) is 13.5. The summed E-state index contributed by atoms with van der Waals surface area (Å²) in [6.45, 7) is 11.0. The fourth-order valence-corrected chi connectivity index (χ4v) is 3.65. The Morgan fingerprint density at radius 1 is 1.29 bits per heavy atom. The van der Waals surface area contributed by atoms with Crippen LogP contribution in [-0.2, 0) is 11.3 Å². The number of benzene rings is 1. The van der Waals surface area contributed by atoms with Gasteiger partial charge in [-0.05, 0) is 32.8 Å². The van der Waals surface area contributed by atoms with E-state index in [9.17, 15) is 4.79 Å². The molecule has 0 spiro atoms. The topological polar surface area (TPSA) is 69.9 Å². The van der Waals surface area contributed by atoms with E-state index in [1.165, 1.54) is 0 Å². The van der Waals surface area contributed by atoms with Gasteiger partial charge < -0.3 is 20.0 Å². The van der Waals surface area contributed by atoms with Crippen molar-refractivity contribution in [2.75, 3.05) is 19.6 Å². The lowest BCUT2D eigenvalue weighted by Crippen LogP contribution is -2.50. The van der Waals surface area contributed by atoms with Crippen LogP contribution in [0.2, 0.25) is 0 Å². The second-order valence-electron chi connectivity index (χ2n) is 7.74. The first-order valence-corrected chi connectivity index (χ1v) is 10.3. The Bertz CT molecular complexity index is 832. The number of aryl methyl sites for hydroxylation is 1. The monoisotopic (exact) mass is 384 g/mol. The van der Waals surface area contributed by atoms with Crippen LogP contribution in [0.25, 0.3) is 11.0 Å². The van der Waals surface area contributed by atoms with Crippen LogP contribution in [0.5, 0.6) is 0 Å². The summed E-state index contributed by atoms with van der Waals surface area (Å²) in [5, 5.41) is 8.00. The van der Waals surface area contributed by atoms with Gasteiger partial charge in [-0.15, -0.1) is 0 Å². The number of fused-ring (bicyclic) bond motifs is 1. The molecule has 6 nitrogen and oxygen atoms in total. The summed E-state index contributed by atoms with van der Waals surface area (Å²) in [6.07, 6.45) is 1.87. The summed E-state index contributed by atoms with van der Waals surface area (Å²) in [5.74, 6) is 2.02. The van der Waals surface area contributed by atoms with Gasteiger partial charge in [0.05, 0.1) is 0 Å². The van der Waals surface area contributed by atoms with Gasteiger partial charge in [-0.1, -0.05) is 32.0 Å². The normalized spacial score (nSPS) is 16.0. The predicted octanol–water partition coefficient (Wildman–Crippen LogP) is 3.44. The summed E-state index contributed by atoms with van der Waals surface area (Å²) in [4.78, 5) is 18.9. The van der Waals surface area contributed by atoms with Gasteiger partial charge in [0.15, 0.2) is 5.96 Å². The number of hydrogen-bond donors (Lipinski definition) is 2. The van der Waals surface area contributed by atoms with Gasteiger partial charge in [-0.3, -0.25) is 4.79 Å². The predicted molar refractivity (Wildman–Crippen MR) is 113 cm³/mol. The van der Waals surface area contributed by atoms with E-state index < -0.39 is 0 Å². The molecular weight excluding hydrogens is 352 g/mol. The molecule has 6 heteroatoms. The summed E-state index contributed by atoms with van der Waals surface area (Å²) in [7, 11) is 0. The van der Waals surface area contributed by atoms with Gasteiger partial charge in [0, 0.05) is 42.5 Å². The van der Waals surface area contributed by atoms with Crippen molar-refractivity contribution in [2.24, 2.45) is 10.9 Å². The highest BCUT2D eigenvalue weighted by Gasteiger charge is 2.24. The molecule has 0 aliphatic carbocycles. The number of nitrogens with zero attached hydrogens (tertiary/aromatic N) is 2. The highest BCUT2D eigenvalue weighted by atomic mass is 16.3. The maximum absolute atomic E-state index is 12.2. The van der Waals surface area contributed by atoms with Gasteiger partial charge in [0.25, 0.3) is 0 Å². The molecule has 1 aromatic carbocycles. The Kier molecular flexibility index (Phi) is 6.60. The van der Waals surface area contributed by atoms with Gasteiger partial charge in [-0.2, -0.15) is 0 Å². The largest absolute Gasteiger partial charge is 0.459 e. The number of nitrogens with one attached hydrogen (secondary N) is 2. The van der Waals surface area contributed by atoms with Crippen molar-refractivity contribution in [3.8, 4) is 0 Å². The van der Waals surface area contributed by atoms with E-state index in [1.54, 1.807) is 0 Å². The summed E-state index contributed by atoms with van der Waals surface area (Å²) in [5.41, 5.74) is 2.06. The van der Waals surface area contributed by atoms with E-state index in [0.29, 0.717) is 12.6 Å². The molecule has 2 aromatic rings. The van der Waals surface area contributed by atoms with Crippen molar-refractivity contribution in [3.05, 3.63) is 35.6 Å². The molecule has 1 aromatic heterocycles. The highest BCUT2D eigenvalue weighted by molar-refractivity contribution is 5.83. The maximum atomic E-state index is 12.2. The summed E-state index contributed by atoms with van der Waals surface area (Å²) < 4.78 is 5.97. The van der Waals surface area contributed by atoms with Crippen LogP contribution in [0.1, 0.15) is 44.9 Å². The fraction of sp³-hybridized carbons (Fsp3) is 0.545. The molecule has 1 aliphatic rings. The second kappa shape index (κ2) is 9.13. The quantitative estimate of drug-likeness (QED) is 0.612. The number of rotatable bonds is 5. The van der Waals surface area contributed by atoms with Crippen LogP contribution < -0.4 is 10.6 Å². The molecule has 2 heterocycles. The lowest BCUT2D eigenvalue weighted by Gasteiger charge is -2.34. The molecule has 28 heavy (non-hydrogen) atoms. The van der Waals surface area contributed by atoms with Crippen molar-refractivity contribution in [1.82, 2.24) is 15.5 Å². The summed E-state index contributed by atoms with van der Waals surface area (Å²) >= 11 is 0. The molecule has 3 rings (SSSR count). The fourth-order valence-electron chi connectivity index (χ4n) is 3.65. The molecule has 152 valence electrons. The zero-order valence-corrected chi connectivity index (χ0v) is 17.4. The van der Waals surface area contributed by atoms with Gasteiger partial charge in [0.1, 0.15) is 17.9 Å². The lowest BCUT2D eigenvalue weighted by molar-refractivity contribution is -0.135. The average molecular weight is 385 g/mol. The first-order valence-electron chi connectivity index (χ1n) is 10.3. The Morgan fingerprint density at radius 2 is 2.00 bits per heavy atom. The molecule has 2 N–H and O–H groups in total. The zero-order valence-electron chi connectivity index (χ0n) is 17.4. The van der Waals surface area contributed by atoms with Crippen LogP contribution in [-0.4, -0.2) is 42.4 Å². The smallest absolute Gasteiger partial charge is 0.225 e. The summed E-state index contributed by atoms with van der Waals surface area (Å²) in [6, 6.07) is 8.41. The number of carbonyl (C=O) groups excluding carboxylic acids is 1. The van der Waals surface area contributed by atoms with Crippen molar-refractivity contribution < 1.29 is 9.21 Å². The minimum atomic E-state index is 0.0652. The van der Waals surface area contributed by atoms with Crippen molar-refractivity contribution in [3.63, 3.8) is 0 Å². The minimum Gasteiger partial charge on any atom is -0.459 e. The Morgan fingerprint density at radius 3 is 2.64 bits per heavy atom. The Labute approximate surface area is 167 Å². The standard InChI is InChI=1S/C22H32N4O2/c1-5-23-22(25-17-10-12-26(13-11-17)21(27)15(2)3)24-14-20-16(4)18-8-6-7-9-19(18)28-20/h6-9,15,17H,5,10-14H2,1-4H3,(H2,23,24,25). The lowest BCUT2D eigenvalue weighted by atomic mass is 10.0. The third kappa shape index (κ3) is 4.66. The van der Waals surface area contributed by atoms with E-state index in [1.807, 2.05) is 36.9 Å². The highest BCUT2D eigenvalue weighted by Crippen LogP contribution is 2.25. The van der Waals surface area contributed by atoms with E-state index >= 15 is 0 Å². The maximum Gasteiger partial charge on any atom is 0.225 e. The van der Waals surface area contributed by atoms with Gasteiger partial charge in [-0.25, -0.2) is 4.99 Å². The molecule has 1 saturated heterocycles. The number of piperidine rings is 1. The SMILES string of the molecule is CCNC(=NCc1oc2ccccc2c1C)NC1CCN(C(=O)C(C)C)CC1. The van der Waals surface area contributed by atoms with Crippen molar-refractivity contribution >= 4 is 22.8 Å². The van der Waals surface area contributed by atoms with Crippen LogP contribution in [0.3, 0.4) is 0 Å². The number of para-hydroxylation sites is 1. The van der Waals surface area contributed by atoms with Gasteiger partial charge in [0.2, 0.25) is 5.91 Å². The molecule has 0 atom stereocenters. The molecule has 0 bridgehead atoms. The molecule has 1 fully saturated rings. The molecule has 1 aliphatic heterocycles. The third-order valence-electron chi connectivity index (χ3n) is 5.31. The van der Waals surface area contributed by atoms with Crippen LogP contribution >= 0.6 is 0 Å². The first kappa shape index (κ1) is 20.2. The molecule has 0 saturated carbocycles. The molecule has 0 unspecified atom stereocenters. The van der Waals surface area contributed by atoms with Crippen LogP contribution in [0.4, 0.5) is 0 Å². The third-order valence-corrected chi connectivity index (χ3v) is 5.31. The zero-order chi connectivity index (χ0) is 20.1. The van der Waals surface area contributed by atoms with E-state index in [-0.39, 0.29) is 11.8 Å². The number of likely N-dealkylation sites (tertiary alicyclic amines) is 1. The molecule has 0 radical (unpaired) electrons. The van der Waals surface area contributed by atoms with Crippen molar-refractivity contribution in [1.29, 1.82) is 0 Å². The van der Waals surface area contributed by atoms with E-state index in [0.717, 1.165) is 60.7 Å². The van der Waals surface area contributed by atoms with E-state index in [4.69, 9.17) is 9.41 Å². The Hall–Kier alpha value is -2.50. The van der Waals surface area contributed by atoms with Crippen molar-refractivity contribution in [2.45, 2.75) is 53.1 Å². The Balaban J connectivity index is 1.62. The average Bonchev–Trinajstić information content (AvgIpc) is 3.02. The number of amides is 1. The van der Waals surface area contributed by atoms with E-state index in [2.05, 4.69) is 30.5 Å². The van der Waals surface area contributed by atoms with Gasteiger partial charge >= 0.3 is 0 Å². The number of furan rings is 1. The number of carbonyl (C=O) groups is 1. The number of aliphatic imine (C=N–C) groups is 1. The molecular formula is C22H32N4O2.